The van der Waals surface area contributed by atoms with Gasteiger partial charge in [0.15, 0.2) is 0 Å². The van der Waals surface area contributed by atoms with Gasteiger partial charge in [-0.3, -0.25) is 0 Å². The fourth-order valence-electron chi connectivity index (χ4n) is 6.31. The fraction of sp³-hybridized carbons (Fsp3) is 0.812. The van der Waals surface area contributed by atoms with E-state index < -0.39 is 0 Å². The van der Waals surface area contributed by atoms with E-state index in [1.165, 1.54) is 43.5 Å². The molecule has 0 amide bonds. The first kappa shape index (κ1) is 12.3. The molecule has 2 nitrogen and oxygen atoms in total. The Morgan fingerprint density at radius 2 is 1.89 bits per heavy atom. The van der Waals surface area contributed by atoms with Crippen molar-refractivity contribution in [2.24, 2.45) is 16.7 Å². The smallest absolute Gasteiger partial charge is 0.0990 e. The van der Waals surface area contributed by atoms with Crippen LogP contribution >= 0.6 is 11.3 Å². The lowest BCUT2D eigenvalue weighted by Crippen LogP contribution is -2.56. The molecule has 4 aliphatic carbocycles. The molecule has 1 heterocycles. The minimum atomic E-state index is 0.145. The molecule has 4 aliphatic rings. The molecule has 0 radical (unpaired) electrons. The summed E-state index contributed by atoms with van der Waals surface area (Å²) in [5.74, 6) is 0.910. The Labute approximate surface area is 119 Å². The summed E-state index contributed by atoms with van der Waals surface area (Å²) in [6.07, 6.45) is 10.2. The quantitative estimate of drug-likeness (QED) is 0.890. The van der Waals surface area contributed by atoms with Gasteiger partial charge in [-0.05, 0) is 55.3 Å². The van der Waals surface area contributed by atoms with Gasteiger partial charge >= 0.3 is 0 Å². The lowest BCUT2D eigenvalue weighted by Gasteiger charge is -2.64. The Bertz CT molecular complexity index is 505. The third-order valence-corrected chi connectivity index (χ3v) is 7.02. The van der Waals surface area contributed by atoms with E-state index in [0.29, 0.717) is 16.2 Å². The van der Waals surface area contributed by atoms with Crippen molar-refractivity contribution in [3.8, 4) is 0 Å². The molecule has 1 aromatic heterocycles. The summed E-state index contributed by atoms with van der Waals surface area (Å²) in [6.45, 7) is 5.15. The minimum absolute atomic E-state index is 0.145. The molecule has 5 rings (SSSR count). The average molecular weight is 277 g/mol. The monoisotopic (exact) mass is 277 g/mol. The highest BCUT2D eigenvalue weighted by atomic mass is 32.1. The summed E-state index contributed by atoms with van der Waals surface area (Å²) in [4.78, 5) is 5.73. The summed E-state index contributed by atoms with van der Waals surface area (Å²) >= 11 is 1.76. The molecule has 2 atom stereocenters. The van der Waals surface area contributed by atoms with Crippen molar-refractivity contribution >= 4 is 11.3 Å². The largest absolute Gasteiger partial charge is 0.391 e. The molecule has 0 aromatic carbocycles. The number of nitrogens with zero attached hydrogens (tertiary/aromatic N) is 1. The van der Waals surface area contributed by atoms with Crippen molar-refractivity contribution in [2.45, 2.75) is 64.4 Å². The van der Waals surface area contributed by atoms with Crippen LogP contribution in [0.5, 0.6) is 0 Å². The van der Waals surface area contributed by atoms with Crippen LogP contribution in [0.2, 0.25) is 0 Å². The van der Waals surface area contributed by atoms with Crippen LogP contribution in [0.4, 0.5) is 0 Å². The van der Waals surface area contributed by atoms with Crippen molar-refractivity contribution in [3.05, 3.63) is 16.1 Å². The zero-order valence-electron chi connectivity index (χ0n) is 11.9. The summed E-state index contributed by atoms with van der Waals surface area (Å²) in [6, 6.07) is 0. The zero-order chi connectivity index (χ0) is 13.3. The molecule has 4 bridgehead atoms. The summed E-state index contributed by atoms with van der Waals surface area (Å²) in [5.41, 5.74) is 1.42. The summed E-state index contributed by atoms with van der Waals surface area (Å²) in [7, 11) is 0. The van der Waals surface area contributed by atoms with E-state index in [4.69, 9.17) is 4.98 Å². The highest BCUT2D eigenvalue weighted by molar-refractivity contribution is 7.11. The number of rotatable bonds is 2. The molecule has 0 aliphatic heterocycles. The lowest BCUT2D eigenvalue weighted by atomic mass is 9.40. The number of aliphatic hydroxyl groups is 1. The highest BCUT2D eigenvalue weighted by Gasteiger charge is 2.61. The van der Waals surface area contributed by atoms with Crippen molar-refractivity contribution < 1.29 is 5.11 Å². The molecule has 3 heteroatoms. The molecule has 2 unspecified atom stereocenters. The molecule has 4 fully saturated rings. The van der Waals surface area contributed by atoms with Gasteiger partial charge in [0.25, 0.3) is 0 Å². The number of aliphatic hydroxyl groups excluding tert-OH is 1. The van der Waals surface area contributed by atoms with Gasteiger partial charge in [0.2, 0.25) is 0 Å². The fourth-order valence-corrected chi connectivity index (χ4v) is 7.28. The van der Waals surface area contributed by atoms with Gasteiger partial charge in [-0.25, -0.2) is 4.98 Å². The van der Waals surface area contributed by atoms with Gasteiger partial charge in [-0.1, -0.05) is 13.8 Å². The Morgan fingerprint density at radius 1 is 1.21 bits per heavy atom. The first-order chi connectivity index (χ1) is 8.94. The second-order valence-corrected chi connectivity index (χ2v) is 9.32. The Morgan fingerprint density at radius 3 is 2.42 bits per heavy atom. The topological polar surface area (TPSA) is 33.1 Å². The van der Waals surface area contributed by atoms with Gasteiger partial charge in [0.1, 0.15) is 0 Å². The summed E-state index contributed by atoms with van der Waals surface area (Å²) in [5, 5.41) is 10.6. The average Bonchev–Trinajstić information content (AvgIpc) is 2.72. The molecular formula is C16H23NOS. The molecule has 1 N–H and O–H groups in total. The van der Waals surface area contributed by atoms with Gasteiger partial charge in [-0.2, -0.15) is 0 Å². The van der Waals surface area contributed by atoms with E-state index >= 15 is 0 Å². The molecule has 0 spiro atoms. The van der Waals surface area contributed by atoms with Crippen LogP contribution in [0.1, 0.15) is 62.3 Å². The van der Waals surface area contributed by atoms with Crippen molar-refractivity contribution in [1.82, 2.24) is 4.98 Å². The second-order valence-electron chi connectivity index (χ2n) is 8.20. The van der Waals surface area contributed by atoms with Crippen LogP contribution in [-0.4, -0.2) is 10.1 Å². The molecule has 0 saturated heterocycles. The Balaban J connectivity index is 1.78. The van der Waals surface area contributed by atoms with E-state index in [1.54, 1.807) is 11.3 Å². The van der Waals surface area contributed by atoms with E-state index in [0.717, 1.165) is 10.8 Å². The lowest BCUT2D eigenvalue weighted by molar-refractivity contribution is -0.110. The van der Waals surface area contributed by atoms with Crippen LogP contribution in [0.3, 0.4) is 0 Å². The first-order valence-electron chi connectivity index (χ1n) is 7.51. The number of hydrogen-bond acceptors (Lipinski definition) is 3. The maximum atomic E-state index is 9.30. The van der Waals surface area contributed by atoms with E-state index in [9.17, 15) is 5.11 Å². The van der Waals surface area contributed by atoms with Crippen LogP contribution in [0.25, 0.3) is 0 Å². The van der Waals surface area contributed by atoms with Crippen LogP contribution in [0, 0.1) is 16.7 Å². The Hall–Kier alpha value is -0.410. The molecule has 4 saturated carbocycles. The summed E-state index contributed by atoms with van der Waals surface area (Å²) < 4.78 is 0. The third-order valence-electron chi connectivity index (χ3n) is 5.79. The van der Waals surface area contributed by atoms with Crippen LogP contribution in [-0.2, 0) is 12.0 Å². The van der Waals surface area contributed by atoms with Crippen molar-refractivity contribution in [2.75, 3.05) is 0 Å². The van der Waals surface area contributed by atoms with E-state index in [-0.39, 0.29) is 6.61 Å². The van der Waals surface area contributed by atoms with Crippen molar-refractivity contribution in [1.29, 1.82) is 0 Å². The van der Waals surface area contributed by atoms with E-state index in [1.807, 2.05) is 6.20 Å². The Kier molecular flexibility index (Phi) is 2.35. The second kappa shape index (κ2) is 3.62. The SMILES string of the molecule is CC12CC3CC(C)(C1)CC(c1ncc(CO)s1)(C3)C2. The minimum Gasteiger partial charge on any atom is -0.391 e. The van der Waals surface area contributed by atoms with Crippen molar-refractivity contribution in [3.63, 3.8) is 0 Å². The van der Waals surface area contributed by atoms with Crippen LogP contribution < -0.4 is 0 Å². The normalized spacial score (nSPS) is 47.8. The number of hydrogen-bond donors (Lipinski definition) is 1. The maximum absolute atomic E-state index is 9.30. The van der Waals surface area contributed by atoms with Gasteiger partial charge < -0.3 is 5.11 Å². The molecule has 19 heavy (non-hydrogen) atoms. The zero-order valence-corrected chi connectivity index (χ0v) is 12.7. The maximum Gasteiger partial charge on any atom is 0.0990 e. The molecule has 104 valence electrons. The van der Waals surface area contributed by atoms with Gasteiger partial charge in [-0.15, -0.1) is 11.3 Å². The number of thiazole rings is 1. The van der Waals surface area contributed by atoms with Gasteiger partial charge in [0, 0.05) is 11.6 Å². The third kappa shape index (κ3) is 1.74. The predicted molar refractivity (Wildman–Crippen MR) is 77.1 cm³/mol. The number of aromatic nitrogens is 1. The first-order valence-corrected chi connectivity index (χ1v) is 8.32. The molecular weight excluding hydrogens is 254 g/mol. The predicted octanol–water partition coefficient (Wildman–Crippen LogP) is 3.88. The molecule has 1 aromatic rings. The standard InChI is InChI=1S/C16H23NOS/c1-14-3-11-4-15(2,8-14)10-16(5-11,9-14)13-17-6-12(7-18)19-13/h6,11,18H,3-5,7-10H2,1-2H3. The van der Waals surface area contributed by atoms with Gasteiger partial charge in [0.05, 0.1) is 16.5 Å². The van der Waals surface area contributed by atoms with Crippen LogP contribution in [0.15, 0.2) is 6.20 Å². The van der Waals surface area contributed by atoms with E-state index in [2.05, 4.69) is 13.8 Å². The highest BCUT2D eigenvalue weighted by Crippen LogP contribution is 2.70.